The van der Waals surface area contributed by atoms with Crippen molar-refractivity contribution in [3.63, 3.8) is 0 Å². The first-order valence-corrected chi connectivity index (χ1v) is 18.5. The molecule has 0 aliphatic heterocycles. The fourth-order valence-corrected chi connectivity index (χ4v) is 7.36. The minimum atomic E-state index is -0.597. The molecule has 0 unspecified atom stereocenters. The third-order valence-corrected chi connectivity index (χ3v) is 10.0. The van der Waals surface area contributed by atoms with E-state index in [1.165, 1.54) is 0 Å². The molecule has 0 spiro atoms. The molecule has 2 aromatic heterocycles. The molecule has 9 rings (SSSR count). The second kappa shape index (κ2) is 15.0. The number of para-hydroxylation sites is 4. The summed E-state index contributed by atoms with van der Waals surface area (Å²) in [4.78, 5) is 31.4. The third kappa shape index (κ3) is 6.33. The van der Waals surface area contributed by atoms with Crippen LogP contribution < -0.4 is 21.1 Å². The highest BCUT2D eigenvalue weighted by Crippen LogP contribution is 2.39. The molecule has 0 saturated heterocycles. The first-order chi connectivity index (χ1) is 28.5. The van der Waals surface area contributed by atoms with Crippen LogP contribution in [-0.2, 0) is 0 Å². The summed E-state index contributed by atoms with van der Waals surface area (Å²) in [6, 6.07) is 61.2. The average molecular weight is 751 g/mol. The number of hydrogen-bond donors (Lipinski definition) is 0. The van der Waals surface area contributed by atoms with Crippen molar-refractivity contribution >= 4 is 55.7 Å². The highest BCUT2D eigenvalue weighted by Gasteiger charge is 2.22. The predicted molar refractivity (Wildman–Crippen MR) is 228 cm³/mol. The van der Waals surface area contributed by atoms with Crippen molar-refractivity contribution in [1.82, 2.24) is 0 Å². The summed E-state index contributed by atoms with van der Waals surface area (Å²) >= 11 is 0. The average Bonchev–Trinajstić information content (AvgIpc) is 3.28. The van der Waals surface area contributed by atoms with E-state index in [2.05, 4.69) is 12.1 Å². The molecule has 0 saturated carbocycles. The van der Waals surface area contributed by atoms with Crippen LogP contribution in [0.2, 0.25) is 0 Å². The SMILES string of the molecule is N#Cc1c(-c2ccc(-c3oc(=O)c4cc(N(c5ccccc5)c5ccccc5)ccc4c3C#N)cc2)oc(=O)c2cc(N(c3ccccc3)c3ccccc3)ccc12. The molecule has 8 heteroatoms. The van der Waals surface area contributed by atoms with E-state index in [4.69, 9.17) is 8.83 Å². The fourth-order valence-electron chi connectivity index (χ4n) is 7.36. The fraction of sp³-hybridized carbons (Fsp3) is 0. The van der Waals surface area contributed by atoms with E-state index in [-0.39, 0.29) is 33.4 Å². The van der Waals surface area contributed by atoms with Gasteiger partial charge < -0.3 is 18.6 Å². The first kappa shape index (κ1) is 35.3. The zero-order valence-corrected chi connectivity index (χ0v) is 30.7. The Morgan fingerprint density at radius 3 is 0.966 bits per heavy atom. The van der Waals surface area contributed by atoms with E-state index < -0.39 is 11.3 Å². The van der Waals surface area contributed by atoms with Gasteiger partial charge in [-0.3, -0.25) is 0 Å². The Hall–Kier alpha value is -8.46. The van der Waals surface area contributed by atoms with Gasteiger partial charge in [-0.1, -0.05) is 109 Å². The molecule has 8 nitrogen and oxygen atoms in total. The van der Waals surface area contributed by atoms with E-state index in [1.54, 1.807) is 48.5 Å². The third-order valence-electron chi connectivity index (χ3n) is 10.0. The molecule has 7 aromatic carbocycles. The van der Waals surface area contributed by atoms with Crippen molar-refractivity contribution in [1.29, 1.82) is 10.5 Å². The van der Waals surface area contributed by atoms with Crippen molar-refractivity contribution in [3.05, 3.63) is 214 Å². The van der Waals surface area contributed by atoms with Gasteiger partial charge in [0.1, 0.15) is 23.3 Å². The van der Waals surface area contributed by atoms with Crippen LogP contribution in [0.1, 0.15) is 11.1 Å². The van der Waals surface area contributed by atoms with Crippen LogP contribution in [0.3, 0.4) is 0 Å². The highest BCUT2D eigenvalue weighted by molar-refractivity contribution is 5.96. The van der Waals surface area contributed by atoms with Gasteiger partial charge in [-0.15, -0.1) is 0 Å². The Kier molecular flexibility index (Phi) is 9.11. The second-order valence-corrected chi connectivity index (χ2v) is 13.5. The van der Waals surface area contributed by atoms with E-state index >= 15 is 0 Å². The molecule has 0 fully saturated rings. The zero-order chi connectivity index (χ0) is 39.6. The van der Waals surface area contributed by atoms with Gasteiger partial charge in [-0.25, -0.2) is 9.59 Å². The predicted octanol–water partition coefficient (Wildman–Crippen LogP) is 11.9. The molecule has 0 radical (unpaired) electrons. The molecular weight excluding hydrogens is 721 g/mol. The molecule has 0 atom stereocenters. The topological polar surface area (TPSA) is 114 Å². The molecule has 9 aromatic rings. The van der Waals surface area contributed by atoms with Crippen LogP contribution in [0.5, 0.6) is 0 Å². The van der Waals surface area contributed by atoms with Gasteiger partial charge in [0, 0.05) is 56.0 Å². The molecule has 0 aliphatic rings. The number of benzene rings is 7. The first-order valence-electron chi connectivity index (χ1n) is 18.5. The van der Waals surface area contributed by atoms with Crippen LogP contribution in [0, 0.1) is 22.7 Å². The van der Waals surface area contributed by atoms with Gasteiger partial charge in [-0.2, -0.15) is 10.5 Å². The number of hydrogen-bond acceptors (Lipinski definition) is 8. The lowest BCUT2D eigenvalue weighted by atomic mass is 9.98. The Balaban J connectivity index is 1.09. The molecule has 58 heavy (non-hydrogen) atoms. The Labute approximate surface area is 332 Å². The summed E-state index contributed by atoms with van der Waals surface area (Å²) in [5, 5.41) is 22.2. The van der Waals surface area contributed by atoms with Gasteiger partial charge >= 0.3 is 11.3 Å². The molecule has 0 N–H and O–H groups in total. The van der Waals surface area contributed by atoms with Crippen LogP contribution in [-0.4, -0.2) is 0 Å². The minimum Gasteiger partial charge on any atom is -0.421 e. The van der Waals surface area contributed by atoms with Crippen molar-refractivity contribution in [3.8, 4) is 34.8 Å². The van der Waals surface area contributed by atoms with Crippen LogP contribution in [0.4, 0.5) is 34.1 Å². The number of rotatable bonds is 8. The summed E-state index contributed by atoms with van der Waals surface area (Å²) in [6.45, 7) is 0. The van der Waals surface area contributed by atoms with Gasteiger partial charge in [0.25, 0.3) is 0 Å². The minimum absolute atomic E-state index is 0.108. The number of fused-ring (bicyclic) bond motifs is 2. The van der Waals surface area contributed by atoms with E-state index in [0.717, 1.165) is 34.1 Å². The Morgan fingerprint density at radius 2 is 0.672 bits per heavy atom. The number of anilines is 6. The van der Waals surface area contributed by atoms with Gasteiger partial charge in [0.15, 0.2) is 11.5 Å². The summed E-state index contributed by atoms with van der Waals surface area (Å²) in [6.07, 6.45) is 0. The summed E-state index contributed by atoms with van der Waals surface area (Å²) < 4.78 is 11.8. The van der Waals surface area contributed by atoms with Crippen molar-refractivity contribution in [2.75, 3.05) is 9.80 Å². The zero-order valence-electron chi connectivity index (χ0n) is 30.7. The number of nitriles is 2. The van der Waals surface area contributed by atoms with Gasteiger partial charge in [0.05, 0.1) is 10.8 Å². The maximum absolute atomic E-state index is 13.7. The molecule has 0 bridgehead atoms. The summed E-state index contributed by atoms with van der Waals surface area (Å²) in [5.74, 6) is 0.216. The maximum atomic E-state index is 13.7. The van der Waals surface area contributed by atoms with Crippen LogP contribution in [0.15, 0.2) is 200 Å². The van der Waals surface area contributed by atoms with Crippen LogP contribution in [0.25, 0.3) is 44.2 Å². The number of nitrogens with zero attached hydrogens (tertiary/aromatic N) is 4. The Bertz CT molecular complexity index is 2870. The molecular formula is C50H30N4O4. The van der Waals surface area contributed by atoms with Crippen molar-refractivity contribution in [2.24, 2.45) is 0 Å². The second-order valence-electron chi connectivity index (χ2n) is 13.5. The molecule has 2 heterocycles. The molecule has 0 amide bonds. The lowest BCUT2D eigenvalue weighted by Gasteiger charge is -2.25. The summed E-state index contributed by atoms with van der Waals surface area (Å²) in [5.41, 5.74) is 5.20. The quantitative estimate of drug-likeness (QED) is 0.151. The van der Waals surface area contributed by atoms with Gasteiger partial charge in [0.2, 0.25) is 0 Å². The molecule has 274 valence electrons. The summed E-state index contributed by atoms with van der Waals surface area (Å²) in [7, 11) is 0. The van der Waals surface area contributed by atoms with Crippen molar-refractivity contribution < 1.29 is 8.83 Å². The normalized spacial score (nSPS) is 10.9. The Morgan fingerprint density at radius 1 is 0.362 bits per heavy atom. The van der Waals surface area contributed by atoms with E-state index in [9.17, 15) is 20.1 Å². The lowest BCUT2D eigenvalue weighted by Crippen LogP contribution is -2.11. The highest BCUT2D eigenvalue weighted by atomic mass is 16.4. The van der Waals surface area contributed by atoms with Crippen molar-refractivity contribution in [2.45, 2.75) is 0 Å². The largest absolute Gasteiger partial charge is 0.421 e. The van der Waals surface area contributed by atoms with E-state index in [1.807, 2.05) is 143 Å². The van der Waals surface area contributed by atoms with Gasteiger partial charge in [-0.05, 0) is 72.8 Å². The molecule has 0 aliphatic carbocycles. The van der Waals surface area contributed by atoms with Crippen LogP contribution >= 0.6 is 0 Å². The smallest absolute Gasteiger partial charge is 0.344 e. The monoisotopic (exact) mass is 750 g/mol. The lowest BCUT2D eigenvalue weighted by molar-refractivity contribution is 0.532. The van der Waals surface area contributed by atoms with E-state index in [0.29, 0.717) is 21.9 Å². The maximum Gasteiger partial charge on any atom is 0.344 e. The standard InChI is InChI=1S/C50H30N4O4/c51-31-45-41-27-25-39(53(35-13-5-1-6-14-35)36-15-7-2-8-16-36)29-43(41)49(55)57-47(45)33-21-23-34(24-22-33)48-46(32-52)42-28-26-40(30-44(42)50(56)58-48)54(37-17-9-3-10-18-37)38-19-11-4-12-20-38/h1-30H.